The first-order valence-corrected chi connectivity index (χ1v) is 11.0. The molecule has 0 bridgehead atoms. The second-order valence-electron chi connectivity index (χ2n) is 7.53. The number of nitro groups is 1. The zero-order valence-corrected chi connectivity index (χ0v) is 18.1. The Hall–Kier alpha value is -4.17. The van der Waals surface area contributed by atoms with Gasteiger partial charge in [0.25, 0.3) is 16.8 Å². The molecule has 0 aliphatic carbocycles. The molecule has 3 aromatic carbocycles. The van der Waals surface area contributed by atoms with Crippen LogP contribution >= 0.6 is 11.8 Å². The molecule has 0 unspecified atom stereocenters. The van der Waals surface area contributed by atoms with Gasteiger partial charge in [0.05, 0.1) is 16.4 Å². The van der Waals surface area contributed by atoms with Crippen LogP contribution in [0.1, 0.15) is 11.3 Å². The van der Waals surface area contributed by atoms with E-state index in [4.69, 9.17) is 0 Å². The Morgan fingerprint density at radius 2 is 1.73 bits per heavy atom. The molecule has 7 nitrogen and oxygen atoms in total. The van der Waals surface area contributed by atoms with Crippen LogP contribution in [-0.4, -0.2) is 25.5 Å². The lowest BCUT2D eigenvalue weighted by atomic mass is 10.1. The van der Waals surface area contributed by atoms with Gasteiger partial charge in [-0.15, -0.1) is 0 Å². The third-order valence-corrected chi connectivity index (χ3v) is 6.31. The first kappa shape index (κ1) is 20.7. The number of nitrogens with zero attached hydrogens (tertiary/aromatic N) is 3. The molecule has 1 aliphatic rings. The zero-order chi connectivity index (χ0) is 22.9. The molecule has 33 heavy (non-hydrogen) atoms. The molecule has 0 atom stereocenters. The maximum atomic E-state index is 13.0. The molecule has 0 N–H and O–H groups in total. The Morgan fingerprint density at radius 3 is 2.55 bits per heavy atom. The molecular weight excluding hydrogens is 438 g/mol. The lowest BCUT2D eigenvalue weighted by Gasteiger charge is -2.12. The van der Waals surface area contributed by atoms with Crippen LogP contribution < -0.4 is 0 Å². The maximum Gasteiger partial charge on any atom is 0.293 e. The normalized spacial score (nSPS) is 15.0. The summed E-state index contributed by atoms with van der Waals surface area (Å²) in [5.41, 5.74) is 2.16. The molecular formula is C25H17N3O4S. The summed E-state index contributed by atoms with van der Waals surface area (Å²) in [6, 6.07) is 23.9. The second kappa shape index (κ2) is 8.40. The highest BCUT2D eigenvalue weighted by Crippen LogP contribution is 2.34. The van der Waals surface area contributed by atoms with Gasteiger partial charge in [0.15, 0.2) is 0 Å². The smallest absolute Gasteiger partial charge is 0.293 e. The Morgan fingerprint density at radius 1 is 0.909 bits per heavy atom. The number of thioether (sulfide) groups is 1. The molecule has 0 spiro atoms. The van der Waals surface area contributed by atoms with E-state index in [2.05, 4.69) is 6.07 Å². The number of non-ortho nitro benzene ring substituents is 1. The van der Waals surface area contributed by atoms with E-state index >= 15 is 0 Å². The highest BCUT2D eigenvalue weighted by molar-refractivity contribution is 8.18. The highest BCUT2D eigenvalue weighted by atomic mass is 32.2. The average Bonchev–Trinajstić information content (AvgIpc) is 3.39. The number of hydrogen-bond acceptors (Lipinski definition) is 5. The van der Waals surface area contributed by atoms with Crippen LogP contribution in [0.5, 0.6) is 0 Å². The quantitative estimate of drug-likeness (QED) is 0.216. The van der Waals surface area contributed by atoms with E-state index in [0.717, 1.165) is 38.8 Å². The van der Waals surface area contributed by atoms with E-state index in [-0.39, 0.29) is 12.2 Å². The number of rotatable bonds is 5. The molecule has 8 heteroatoms. The van der Waals surface area contributed by atoms with Crippen molar-refractivity contribution in [2.24, 2.45) is 0 Å². The number of carbonyl (C=O) groups excluding carboxylic acids is 2. The van der Waals surface area contributed by atoms with Gasteiger partial charge in [-0.3, -0.25) is 24.6 Å². The lowest BCUT2D eigenvalue weighted by Crippen LogP contribution is -2.27. The minimum absolute atomic E-state index is 0.0185. The van der Waals surface area contributed by atoms with E-state index in [1.54, 1.807) is 18.2 Å². The van der Waals surface area contributed by atoms with Gasteiger partial charge in [0.1, 0.15) is 0 Å². The van der Waals surface area contributed by atoms with Crippen molar-refractivity contribution >= 4 is 45.4 Å². The number of nitro benzene ring substituents is 1. The second-order valence-corrected chi connectivity index (χ2v) is 8.52. The maximum absolute atomic E-state index is 13.0. The number of fused-ring (bicyclic) bond motifs is 1. The molecule has 5 rings (SSSR count). The number of benzene rings is 3. The van der Waals surface area contributed by atoms with Gasteiger partial charge >= 0.3 is 0 Å². The molecule has 0 saturated carbocycles. The molecule has 162 valence electrons. The predicted molar refractivity (Wildman–Crippen MR) is 128 cm³/mol. The molecule has 1 fully saturated rings. The minimum Gasteiger partial charge on any atom is -0.317 e. The van der Waals surface area contributed by atoms with E-state index in [9.17, 15) is 19.7 Å². The molecule has 0 radical (unpaired) electrons. The summed E-state index contributed by atoms with van der Waals surface area (Å²) in [4.78, 5) is 37.4. The molecule has 1 saturated heterocycles. The number of hydrogen-bond donors (Lipinski definition) is 0. The number of aromatic nitrogens is 1. The van der Waals surface area contributed by atoms with Crippen molar-refractivity contribution < 1.29 is 14.5 Å². The van der Waals surface area contributed by atoms with Crippen LogP contribution in [0.3, 0.4) is 0 Å². The van der Waals surface area contributed by atoms with Gasteiger partial charge in [-0.25, -0.2) is 0 Å². The van der Waals surface area contributed by atoms with Crippen LogP contribution in [0.25, 0.3) is 22.5 Å². The summed E-state index contributed by atoms with van der Waals surface area (Å²) >= 11 is 0.868. The number of imide groups is 1. The summed E-state index contributed by atoms with van der Waals surface area (Å²) in [7, 11) is 0. The van der Waals surface area contributed by atoms with Crippen LogP contribution in [0, 0.1) is 10.1 Å². The van der Waals surface area contributed by atoms with Crippen molar-refractivity contribution in [1.82, 2.24) is 9.47 Å². The summed E-state index contributed by atoms with van der Waals surface area (Å²) < 4.78 is 1.96. The van der Waals surface area contributed by atoms with Gasteiger partial charge in [-0.1, -0.05) is 42.5 Å². The Bertz CT molecular complexity index is 1460. The van der Waals surface area contributed by atoms with Crippen molar-refractivity contribution in [2.75, 3.05) is 0 Å². The van der Waals surface area contributed by atoms with Gasteiger partial charge in [0.2, 0.25) is 0 Å². The summed E-state index contributed by atoms with van der Waals surface area (Å²) in [5, 5.41) is 12.9. The zero-order valence-electron chi connectivity index (χ0n) is 17.3. The van der Waals surface area contributed by atoms with E-state index in [1.807, 2.05) is 59.3 Å². The van der Waals surface area contributed by atoms with Gasteiger partial charge in [0, 0.05) is 29.7 Å². The van der Waals surface area contributed by atoms with E-state index in [0.29, 0.717) is 10.5 Å². The number of carbonyl (C=O) groups is 2. The fourth-order valence-electron chi connectivity index (χ4n) is 3.79. The molecule has 1 aromatic heterocycles. The summed E-state index contributed by atoms with van der Waals surface area (Å²) in [6.45, 7) is -0.0185. The third-order valence-electron chi connectivity index (χ3n) is 5.41. The predicted octanol–water partition coefficient (Wildman–Crippen LogP) is 5.78. The third kappa shape index (κ3) is 4.04. The topological polar surface area (TPSA) is 85.5 Å². The first-order valence-electron chi connectivity index (χ1n) is 10.1. The van der Waals surface area contributed by atoms with Crippen LogP contribution in [0.2, 0.25) is 0 Å². The molecule has 2 amide bonds. The fraction of sp³-hybridized carbons (Fsp3) is 0.0400. The monoisotopic (exact) mass is 455 g/mol. The van der Waals surface area contributed by atoms with Crippen LogP contribution in [0.15, 0.2) is 90.0 Å². The standard InChI is InChI=1S/C25H17N3O4S/c29-24-23(33-25(30)27(24)16-17-5-3-8-22(13-17)28(31)32)15-20-9-4-12-26(20)21-11-10-18-6-1-2-7-19(18)14-21/h1-15H,16H2/b23-15-. The Labute approximate surface area is 193 Å². The lowest BCUT2D eigenvalue weighted by molar-refractivity contribution is -0.384. The van der Waals surface area contributed by atoms with Gasteiger partial charge < -0.3 is 4.57 Å². The fourth-order valence-corrected chi connectivity index (χ4v) is 4.62. The average molecular weight is 455 g/mol. The van der Waals surface area contributed by atoms with Gasteiger partial charge in [-0.05, 0) is 58.4 Å². The SMILES string of the molecule is O=C1S/C(=C\c2cccn2-c2ccc3ccccc3c2)C(=O)N1Cc1cccc([N+](=O)[O-])c1. The van der Waals surface area contributed by atoms with Crippen molar-refractivity contribution in [1.29, 1.82) is 0 Å². The Balaban J connectivity index is 1.42. The van der Waals surface area contributed by atoms with Crippen molar-refractivity contribution in [3.05, 3.63) is 111 Å². The van der Waals surface area contributed by atoms with E-state index in [1.165, 1.54) is 12.1 Å². The highest BCUT2D eigenvalue weighted by Gasteiger charge is 2.35. The number of amides is 2. The van der Waals surface area contributed by atoms with Crippen molar-refractivity contribution in [3.8, 4) is 5.69 Å². The Kier molecular flexibility index (Phi) is 5.27. The molecule has 1 aliphatic heterocycles. The van der Waals surface area contributed by atoms with Crippen molar-refractivity contribution in [3.63, 3.8) is 0 Å². The molecule has 2 heterocycles. The van der Waals surface area contributed by atoms with Crippen LogP contribution in [0.4, 0.5) is 10.5 Å². The summed E-state index contributed by atoms with van der Waals surface area (Å²) in [6.07, 6.45) is 3.61. The van der Waals surface area contributed by atoms with E-state index < -0.39 is 16.1 Å². The summed E-state index contributed by atoms with van der Waals surface area (Å²) in [5.74, 6) is -0.414. The minimum atomic E-state index is -0.502. The largest absolute Gasteiger partial charge is 0.317 e. The molecule has 4 aromatic rings. The van der Waals surface area contributed by atoms with Crippen LogP contribution in [-0.2, 0) is 11.3 Å². The van der Waals surface area contributed by atoms with Gasteiger partial charge in [-0.2, -0.15) is 0 Å². The van der Waals surface area contributed by atoms with Crippen molar-refractivity contribution in [2.45, 2.75) is 6.54 Å². The first-order chi connectivity index (χ1) is 16.0.